The highest BCUT2D eigenvalue weighted by Gasteiger charge is 2.01. The molecular weight excluding hydrogens is 140 g/mol. The normalized spacial score (nSPS) is 10.0. The van der Waals surface area contributed by atoms with Gasteiger partial charge in [-0.3, -0.25) is 4.79 Å². The Bertz CT molecular complexity index is 252. The van der Waals surface area contributed by atoms with Crippen LogP contribution in [0.15, 0.2) is 12.5 Å². The number of ketones is 1. The molecule has 0 amide bonds. The molecule has 0 aliphatic heterocycles. The van der Waals surface area contributed by atoms with E-state index in [1.165, 1.54) is 0 Å². The molecule has 0 aliphatic carbocycles. The average Bonchev–Trinajstić information content (AvgIpc) is 2.34. The van der Waals surface area contributed by atoms with E-state index in [9.17, 15) is 4.79 Å². The maximum Gasteiger partial charge on any atom is 0.135 e. The number of Topliss-reactive ketones (excluding diaryl/α,β-unsaturated/α-hetero) is 1. The molecule has 0 unspecified atom stereocenters. The van der Waals surface area contributed by atoms with Crippen molar-refractivity contribution in [2.24, 2.45) is 0 Å². The van der Waals surface area contributed by atoms with Crippen molar-refractivity contribution < 1.29 is 4.79 Å². The van der Waals surface area contributed by atoms with Crippen LogP contribution in [0.25, 0.3) is 0 Å². The highest BCUT2D eigenvalue weighted by molar-refractivity contribution is 5.77. The highest BCUT2D eigenvalue weighted by Crippen LogP contribution is 2.00. The van der Waals surface area contributed by atoms with Gasteiger partial charge in [-0.05, 0) is 13.8 Å². The van der Waals surface area contributed by atoms with Gasteiger partial charge in [0.15, 0.2) is 0 Å². The summed E-state index contributed by atoms with van der Waals surface area (Å²) in [6.45, 7) is 4.50. The summed E-state index contributed by atoms with van der Waals surface area (Å²) in [6.07, 6.45) is 3.98. The number of imidazole rings is 1. The van der Waals surface area contributed by atoms with Gasteiger partial charge in [0.1, 0.15) is 5.78 Å². The smallest absolute Gasteiger partial charge is 0.135 e. The molecule has 0 atom stereocenters. The lowest BCUT2D eigenvalue weighted by atomic mass is 10.2. The predicted molar refractivity (Wildman–Crippen MR) is 42.3 cm³/mol. The summed E-state index contributed by atoms with van der Waals surface area (Å²) in [4.78, 5) is 14.7. The highest BCUT2D eigenvalue weighted by atomic mass is 16.1. The summed E-state index contributed by atoms with van der Waals surface area (Å²) in [7, 11) is 0. The number of hydrogen-bond donors (Lipinski definition) is 0. The molecule has 0 spiro atoms. The van der Waals surface area contributed by atoms with Gasteiger partial charge in [-0.1, -0.05) is 0 Å². The zero-order chi connectivity index (χ0) is 8.27. The Balaban J connectivity index is 2.76. The molecule has 11 heavy (non-hydrogen) atoms. The molecule has 1 rings (SSSR count). The summed E-state index contributed by atoms with van der Waals surface area (Å²) in [5.41, 5.74) is 1.00. The minimum Gasteiger partial charge on any atom is -0.334 e. The van der Waals surface area contributed by atoms with E-state index < -0.39 is 0 Å². The Morgan fingerprint density at radius 1 is 1.73 bits per heavy atom. The second-order valence-corrected chi connectivity index (χ2v) is 2.55. The molecule has 60 valence electrons. The lowest BCUT2D eigenvalue weighted by Crippen LogP contribution is -2.04. The molecule has 1 aromatic heterocycles. The van der Waals surface area contributed by atoms with Crippen molar-refractivity contribution in [1.29, 1.82) is 0 Å². The topological polar surface area (TPSA) is 34.9 Å². The number of rotatable bonds is 3. The SMILES string of the molecule is CCn1cncc1CC(C)=O. The van der Waals surface area contributed by atoms with Crippen LogP contribution in [0.4, 0.5) is 0 Å². The number of hydrogen-bond acceptors (Lipinski definition) is 2. The van der Waals surface area contributed by atoms with Crippen molar-refractivity contribution >= 4 is 5.78 Å². The first-order chi connectivity index (χ1) is 5.24. The third-order valence-electron chi connectivity index (χ3n) is 1.57. The minimum absolute atomic E-state index is 0.181. The monoisotopic (exact) mass is 152 g/mol. The van der Waals surface area contributed by atoms with Gasteiger partial charge in [0.2, 0.25) is 0 Å². The van der Waals surface area contributed by atoms with Crippen LogP contribution in [0, 0.1) is 0 Å². The fourth-order valence-corrected chi connectivity index (χ4v) is 1.04. The molecule has 1 heterocycles. The van der Waals surface area contributed by atoms with E-state index in [0.29, 0.717) is 6.42 Å². The van der Waals surface area contributed by atoms with E-state index in [1.807, 2.05) is 11.5 Å². The first kappa shape index (κ1) is 7.98. The van der Waals surface area contributed by atoms with Gasteiger partial charge in [0.05, 0.1) is 6.33 Å². The van der Waals surface area contributed by atoms with Gasteiger partial charge >= 0.3 is 0 Å². The Hall–Kier alpha value is -1.12. The maximum absolute atomic E-state index is 10.7. The second kappa shape index (κ2) is 3.32. The molecular formula is C8H12N2O. The number of aryl methyl sites for hydroxylation is 1. The molecule has 3 heteroatoms. The van der Waals surface area contributed by atoms with Gasteiger partial charge in [0, 0.05) is 24.9 Å². The Morgan fingerprint density at radius 3 is 3.00 bits per heavy atom. The summed E-state index contributed by atoms with van der Waals surface area (Å²) < 4.78 is 1.97. The standard InChI is InChI=1S/C8H12N2O/c1-3-10-6-9-5-8(10)4-7(2)11/h5-6H,3-4H2,1-2H3. The van der Waals surface area contributed by atoms with E-state index >= 15 is 0 Å². The Morgan fingerprint density at radius 2 is 2.45 bits per heavy atom. The van der Waals surface area contributed by atoms with Crippen molar-refractivity contribution in [3.05, 3.63) is 18.2 Å². The largest absolute Gasteiger partial charge is 0.334 e. The molecule has 0 fully saturated rings. The van der Waals surface area contributed by atoms with Crippen LogP contribution in [0.5, 0.6) is 0 Å². The zero-order valence-electron chi connectivity index (χ0n) is 6.87. The van der Waals surface area contributed by atoms with Crippen LogP contribution < -0.4 is 0 Å². The second-order valence-electron chi connectivity index (χ2n) is 2.55. The van der Waals surface area contributed by atoms with E-state index in [2.05, 4.69) is 4.98 Å². The van der Waals surface area contributed by atoms with Crippen molar-refractivity contribution in [1.82, 2.24) is 9.55 Å². The number of nitrogens with zero attached hydrogens (tertiary/aromatic N) is 2. The molecule has 1 aromatic rings. The van der Waals surface area contributed by atoms with Crippen LogP contribution in [0.2, 0.25) is 0 Å². The van der Waals surface area contributed by atoms with Gasteiger partial charge < -0.3 is 4.57 Å². The average molecular weight is 152 g/mol. The number of carbonyl (C=O) groups excluding carboxylic acids is 1. The molecule has 0 aliphatic rings. The predicted octanol–water partition coefficient (Wildman–Crippen LogP) is 1.03. The van der Waals surface area contributed by atoms with Crippen LogP contribution in [-0.2, 0) is 17.8 Å². The van der Waals surface area contributed by atoms with Gasteiger partial charge in [-0.25, -0.2) is 4.98 Å². The molecule has 0 N–H and O–H groups in total. The molecule has 0 aromatic carbocycles. The van der Waals surface area contributed by atoms with Crippen LogP contribution >= 0.6 is 0 Å². The minimum atomic E-state index is 0.181. The third kappa shape index (κ3) is 1.90. The molecule has 0 saturated heterocycles. The van der Waals surface area contributed by atoms with Crippen LogP contribution in [-0.4, -0.2) is 15.3 Å². The zero-order valence-corrected chi connectivity index (χ0v) is 6.87. The van der Waals surface area contributed by atoms with Crippen LogP contribution in [0.3, 0.4) is 0 Å². The summed E-state index contributed by atoms with van der Waals surface area (Å²) in [5, 5.41) is 0. The third-order valence-corrected chi connectivity index (χ3v) is 1.57. The van der Waals surface area contributed by atoms with Gasteiger partial charge in [-0.2, -0.15) is 0 Å². The molecule has 0 radical (unpaired) electrons. The van der Waals surface area contributed by atoms with Crippen molar-refractivity contribution in [3.8, 4) is 0 Å². The number of carbonyl (C=O) groups is 1. The summed E-state index contributed by atoms with van der Waals surface area (Å²) in [6, 6.07) is 0. The van der Waals surface area contributed by atoms with Crippen molar-refractivity contribution in [2.45, 2.75) is 26.8 Å². The van der Waals surface area contributed by atoms with Gasteiger partial charge in [0.25, 0.3) is 0 Å². The fraction of sp³-hybridized carbons (Fsp3) is 0.500. The van der Waals surface area contributed by atoms with E-state index in [-0.39, 0.29) is 5.78 Å². The first-order valence-electron chi connectivity index (χ1n) is 3.72. The summed E-state index contributed by atoms with van der Waals surface area (Å²) in [5.74, 6) is 0.181. The summed E-state index contributed by atoms with van der Waals surface area (Å²) >= 11 is 0. The Kier molecular flexibility index (Phi) is 2.41. The lowest BCUT2D eigenvalue weighted by Gasteiger charge is -2.00. The van der Waals surface area contributed by atoms with Crippen LogP contribution in [0.1, 0.15) is 19.5 Å². The van der Waals surface area contributed by atoms with E-state index in [0.717, 1.165) is 12.2 Å². The maximum atomic E-state index is 10.7. The first-order valence-corrected chi connectivity index (χ1v) is 3.72. The molecule has 0 saturated carbocycles. The van der Waals surface area contributed by atoms with E-state index in [1.54, 1.807) is 19.4 Å². The van der Waals surface area contributed by atoms with Gasteiger partial charge in [-0.15, -0.1) is 0 Å². The Labute approximate surface area is 66.1 Å². The van der Waals surface area contributed by atoms with Crippen molar-refractivity contribution in [3.63, 3.8) is 0 Å². The molecule has 0 bridgehead atoms. The molecule has 3 nitrogen and oxygen atoms in total. The fourth-order valence-electron chi connectivity index (χ4n) is 1.04. The van der Waals surface area contributed by atoms with Crippen molar-refractivity contribution in [2.75, 3.05) is 0 Å². The number of aromatic nitrogens is 2. The lowest BCUT2D eigenvalue weighted by molar-refractivity contribution is -0.116. The van der Waals surface area contributed by atoms with E-state index in [4.69, 9.17) is 0 Å². The quantitative estimate of drug-likeness (QED) is 0.648.